The van der Waals surface area contributed by atoms with Gasteiger partial charge in [-0.15, -0.1) is 0 Å². The number of benzene rings is 2. The number of carboxylic acid groups (broad SMARTS) is 1. The molecule has 9 heteroatoms. The van der Waals surface area contributed by atoms with Gasteiger partial charge >= 0.3 is 5.97 Å². The van der Waals surface area contributed by atoms with Crippen LogP contribution in [0.4, 0.5) is 5.69 Å². The maximum Gasteiger partial charge on any atom is 0.339 e. The summed E-state index contributed by atoms with van der Waals surface area (Å²) in [5.41, 5.74) is 2.35. The standard InChI is InChI=1S/C31H25NO8/c1-13-4-3-5-18(27(13)35)24-16-8-9-19-25(20(16)12-21-22(33)10-14(2)28(36)26(21)24)30(38)32(29(19)37)15-6-7-17(31(39)40)23(34)11-15/h3-8,10-11,19-20,24-25,34-35H,9,12H2,1-2H3,(H,39,40)/t19-,20+,24+,25-/m0/s1. The maximum absolute atomic E-state index is 13.9. The van der Waals surface area contributed by atoms with Crippen molar-refractivity contribution in [2.45, 2.75) is 32.6 Å². The van der Waals surface area contributed by atoms with Crippen molar-refractivity contribution in [1.29, 1.82) is 0 Å². The van der Waals surface area contributed by atoms with Crippen molar-refractivity contribution in [2.24, 2.45) is 17.8 Å². The number of imide groups is 1. The van der Waals surface area contributed by atoms with Crippen molar-refractivity contribution in [3.63, 3.8) is 0 Å². The largest absolute Gasteiger partial charge is 0.507 e. The van der Waals surface area contributed by atoms with Crippen LogP contribution in [0.3, 0.4) is 0 Å². The van der Waals surface area contributed by atoms with Gasteiger partial charge < -0.3 is 15.3 Å². The fourth-order valence-electron chi connectivity index (χ4n) is 6.73. The van der Waals surface area contributed by atoms with Gasteiger partial charge in [-0.2, -0.15) is 0 Å². The van der Waals surface area contributed by atoms with Crippen LogP contribution >= 0.6 is 0 Å². The second-order valence-electron chi connectivity index (χ2n) is 10.8. The number of carboxylic acids is 1. The van der Waals surface area contributed by atoms with E-state index < -0.39 is 47.2 Å². The van der Waals surface area contributed by atoms with Crippen molar-refractivity contribution in [1.82, 2.24) is 0 Å². The van der Waals surface area contributed by atoms with Crippen molar-refractivity contribution < 1.29 is 39.3 Å². The normalized spacial score (nSPS) is 25.8. The summed E-state index contributed by atoms with van der Waals surface area (Å²) in [6, 6.07) is 8.72. The summed E-state index contributed by atoms with van der Waals surface area (Å²) in [6.07, 6.45) is 3.45. The lowest BCUT2D eigenvalue weighted by atomic mass is 9.59. The monoisotopic (exact) mass is 539 g/mol. The molecule has 0 saturated carbocycles. The molecule has 2 aromatic carbocycles. The first-order valence-electron chi connectivity index (χ1n) is 12.9. The molecule has 9 nitrogen and oxygen atoms in total. The number of ketones is 2. The highest BCUT2D eigenvalue weighted by Crippen LogP contribution is 2.56. The Labute approximate surface area is 228 Å². The number of phenolic OH excluding ortho intramolecular Hbond substituents is 1. The minimum atomic E-state index is -1.35. The van der Waals surface area contributed by atoms with Crippen LogP contribution in [0.15, 0.2) is 70.8 Å². The molecule has 4 atom stereocenters. The van der Waals surface area contributed by atoms with E-state index in [1.165, 1.54) is 12.1 Å². The van der Waals surface area contributed by atoms with Crippen molar-refractivity contribution in [2.75, 3.05) is 4.90 Å². The number of aryl methyl sites for hydroxylation is 1. The zero-order valence-corrected chi connectivity index (χ0v) is 21.7. The summed E-state index contributed by atoms with van der Waals surface area (Å²) in [7, 11) is 0. The highest BCUT2D eigenvalue weighted by Gasteiger charge is 2.57. The molecule has 40 heavy (non-hydrogen) atoms. The molecule has 2 aromatic rings. The molecule has 4 aliphatic rings. The predicted octanol–water partition coefficient (Wildman–Crippen LogP) is 3.74. The molecule has 1 heterocycles. The SMILES string of the molecule is CC1=CC(=O)C2=C(C1=O)[C@@H](c1cccc(C)c1O)C1=CC[C@@H]3C(=O)N(c4ccc(C(=O)O)c(O)c4)C(=O)[C@@H]3[C@@H]1C2. The number of allylic oxidation sites excluding steroid dienone is 6. The van der Waals surface area contributed by atoms with Crippen LogP contribution in [-0.4, -0.2) is 44.7 Å². The van der Waals surface area contributed by atoms with Crippen LogP contribution in [-0.2, 0) is 19.2 Å². The number of anilines is 1. The number of Topliss-reactive ketones (excluding diaryl/α,β-unsaturated/α-hetero) is 1. The number of para-hydroxylation sites is 1. The van der Waals surface area contributed by atoms with Gasteiger partial charge in [0.2, 0.25) is 11.8 Å². The summed E-state index contributed by atoms with van der Waals surface area (Å²) in [4.78, 5) is 66.4. The fraction of sp³-hybridized carbons (Fsp3) is 0.258. The third kappa shape index (κ3) is 3.50. The Morgan fingerprint density at radius 2 is 1.73 bits per heavy atom. The van der Waals surface area contributed by atoms with Gasteiger partial charge in [0.15, 0.2) is 11.6 Å². The Morgan fingerprint density at radius 3 is 2.42 bits per heavy atom. The van der Waals surface area contributed by atoms with E-state index >= 15 is 0 Å². The van der Waals surface area contributed by atoms with Crippen LogP contribution in [0.2, 0.25) is 0 Å². The van der Waals surface area contributed by atoms with Gasteiger partial charge in [0.1, 0.15) is 17.1 Å². The number of nitrogens with zero attached hydrogens (tertiary/aromatic N) is 1. The van der Waals surface area contributed by atoms with Gasteiger partial charge in [0, 0.05) is 34.3 Å². The summed E-state index contributed by atoms with van der Waals surface area (Å²) in [5.74, 6) is -6.46. The quantitative estimate of drug-likeness (QED) is 0.303. The summed E-state index contributed by atoms with van der Waals surface area (Å²) < 4.78 is 0. The van der Waals surface area contributed by atoms with E-state index in [1.54, 1.807) is 32.0 Å². The number of carbonyl (C=O) groups is 5. The molecule has 0 aromatic heterocycles. The number of rotatable bonds is 3. The van der Waals surface area contributed by atoms with E-state index in [4.69, 9.17) is 0 Å². The van der Waals surface area contributed by atoms with E-state index in [0.29, 0.717) is 27.8 Å². The fourth-order valence-corrected chi connectivity index (χ4v) is 6.73. The number of aromatic hydroxyl groups is 2. The van der Waals surface area contributed by atoms with E-state index in [2.05, 4.69) is 0 Å². The van der Waals surface area contributed by atoms with E-state index in [1.807, 2.05) is 6.08 Å². The van der Waals surface area contributed by atoms with Crippen molar-refractivity contribution in [3.05, 3.63) is 87.5 Å². The Hall–Kier alpha value is -4.79. The van der Waals surface area contributed by atoms with Crippen LogP contribution in [0.25, 0.3) is 0 Å². The van der Waals surface area contributed by atoms with E-state index in [-0.39, 0.29) is 47.0 Å². The predicted molar refractivity (Wildman–Crippen MR) is 142 cm³/mol. The van der Waals surface area contributed by atoms with Crippen molar-refractivity contribution >= 4 is 35.0 Å². The van der Waals surface area contributed by atoms with Crippen LogP contribution in [0.1, 0.15) is 47.2 Å². The highest BCUT2D eigenvalue weighted by atomic mass is 16.4. The lowest BCUT2D eigenvalue weighted by molar-refractivity contribution is -0.123. The topological polar surface area (TPSA) is 149 Å². The van der Waals surface area contributed by atoms with Crippen molar-refractivity contribution in [3.8, 4) is 11.5 Å². The number of aromatic carboxylic acids is 1. The maximum atomic E-state index is 13.9. The Morgan fingerprint density at radius 1 is 0.975 bits per heavy atom. The number of amides is 2. The van der Waals surface area contributed by atoms with Gasteiger partial charge in [0.05, 0.1) is 17.5 Å². The summed E-state index contributed by atoms with van der Waals surface area (Å²) >= 11 is 0. The molecular weight excluding hydrogens is 514 g/mol. The number of carbonyl (C=O) groups excluding carboxylic acids is 4. The van der Waals surface area contributed by atoms with E-state index in [0.717, 1.165) is 17.0 Å². The molecule has 1 aliphatic heterocycles. The minimum Gasteiger partial charge on any atom is -0.507 e. The van der Waals surface area contributed by atoms with Gasteiger partial charge in [-0.05, 0) is 56.4 Å². The second kappa shape index (κ2) is 8.87. The molecule has 1 fully saturated rings. The molecule has 1 saturated heterocycles. The molecule has 2 amide bonds. The molecule has 3 aliphatic carbocycles. The first-order valence-corrected chi connectivity index (χ1v) is 12.9. The lowest BCUT2D eigenvalue weighted by Gasteiger charge is -2.42. The zero-order valence-electron chi connectivity index (χ0n) is 21.7. The average Bonchev–Trinajstić information content (AvgIpc) is 3.17. The van der Waals surface area contributed by atoms with E-state index in [9.17, 15) is 39.3 Å². The van der Waals surface area contributed by atoms with Gasteiger partial charge in [0.25, 0.3) is 0 Å². The molecule has 0 bridgehead atoms. The van der Waals surface area contributed by atoms with Gasteiger partial charge in [-0.1, -0.05) is 29.8 Å². The first kappa shape index (κ1) is 25.5. The molecule has 202 valence electrons. The Kier molecular flexibility index (Phi) is 5.65. The highest BCUT2D eigenvalue weighted by molar-refractivity contribution is 6.25. The summed E-state index contributed by atoms with van der Waals surface area (Å²) in [6.45, 7) is 3.32. The van der Waals surface area contributed by atoms with Crippen LogP contribution in [0, 0.1) is 24.7 Å². The molecule has 0 spiro atoms. The third-order valence-electron chi connectivity index (χ3n) is 8.61. The second-order valence-corrected chi connectivity index (χ2v) is 10.8. The Balaban J connectivity index is 1.48. The van der Waals surface area contributed by atoms with Gasteiger partial charge in [-0.25, -0.2) is 9.69 Å². The molecule has 3 N–H and O–H groups in total. The average molecular weight is 540 g/mol. The number of hydrogen-bond acceptors (Lipinski definition) is 7. The van der Waals surface area contributed by atoms with Crippen LogP contribution < -0.4 is 4.90 Å². The number of fused-ring (bicyclic) bond motifs is 3. The minimum absolute atomic E-state index is 0.0000691. The summed E-state index contributed by atoms with van der Waals surface area (Å²) in [5, 5.41) is 30.5. The number of phenols is 2. The molecule has 0 radical (unpaired) electrons. The third-order valence-corrected chi connectivity index (χ3v) is 8.61. The Bertz CT molecular complexity index is 1680. The van der Waals surface area contributed by atoms with Crippen LogP contribution in [0.5, 0.6) is 11.5 Å². The molecule has 0 unspecified atom stereocenters. The smallest absolute Gasteiger partial charge is 0.339 e. The zero-order chi connectivity index (χ0) is 28.6. The first-order chi connectivity index (χ1) is 19.0. The molecule has 6 rings (SSSR count). The number of hydrogen-bond donors (Lipinski definition) is 3. The lowest BCUT2D eigenvalue weighted by Crippen LogP contribution is -2.39. The molecular formula is C31H25NO8. The van der Waals surface area contributed by atoms with Gasteiger partial charge in [-0.3, -0.25) is 19.2 Å².